The van der Waals surface area contributed by atoms with E-state index in [0.717, 1.165) is 12.8 Å². The third-order valence-electron chi connectivity index (χ3n) is 3.92. The van der Waals surface area contributed by atoms with Crippen LogP contribution in [0.3, 0.4) is 0 Å². The molecule has 84 valence electrons. The lowest BCUT2D eigenvalue weighted by Gasteiger charge is -2.29. The molecule has 3 atom stereocenters. The zero-order chi connectivity index (χ0) is 11.0. The van der Waals surface area contributed by atoms with Crippen molar-refractivity contribution >= 4 is 5.78 Å². The number of carbonyl (C=O) groups excluding carboxylic acids is 1. The van der Waals surface area contributed by atoms with Crippen molar-refractivity contribution in [2.75, 3.05) is 0 Å². The number of benzene rings is 1. The number of Topliss-reactive ketones (excluding diaryl/α,β-unsaturated/α-hetero) is 1. The molecule has 2 bridgehead atoms. The van der Waals surface area contributed by atoms with E-state index in [-0.39, 0.29) is 5.92 Å². The summed E-state index contributed by atoms with van der Waals surface area (Å²) in [5.41, 5.74) is 1.29. The Hall–Kier alpha value is -1.15. The van der Waals surface area contributed by atoms with Crippen LogP contribution in [-0.4, -0.2) is 17.9 Å². The van der Waals surface area contributed by atoms with Gasteiger partial charge in [-0.25, -0.2) is 0 Å². The van der Waals surface area contributed by atoms with Gasteiger partial charge < -0.3 is 5.32 Å². The maximum absolute atomic E-state index is 12.0. The zero-order valence-corrected chi connectivity index (χ0v) is 9.36. The van der Waals surface area contributed by atoms with Crippen LogP contribution in [-0.2, 0) is 11.2 Å². The largest absolute Gasteiger partial charge is 0.310 e. The topological polar surface area (TPSA) is 29.1 Å². The van der Waals surface area contributed by atoms with E-state index in [1.54, 1.807) is 0 Å². The standard InChI is InChI=1S/C14H17NO/c16-14-9-11-6-7-13(15-11)12(14)8-10-4-2-1-3-5-10/h1-5,11-13,15H,6-9H2. The fourth-order valence-corrected chi connectivity index (χ4v) is 3.07. The fraction of sp³-hybridized carbons (Fsp3) is 0.500. The van der Waals surface area contributed by atoms with Gasteiger partial charge in [-0.05, 0) is 24.8 Å². The van der Waals surface area contributed by atoms with Gasteiger partial charge in [-0.2, -0.15) is 0 Å². The molecular weight excluding hydrogens is 198 g/mol. The number of ketones is 1. The molecule has 1 aromatic rings. The molecule has 0 aromatic heterocycles. The first kappa shape index (κ1) is 10.0. The molecule has 2 aliphatic rings. The third kappa shape index (κ3) is 1.78. The minimum Gasteiger partial charge on any atom is -0.310 e. The van der Waals surface area contributed by atoms with Crippen LogP contribution in [0, 0.1) is 5.92 Å². The minimum atomic E-state index is 0.209. The SMILES string of the molecule is O=C1CC2CCC(N2)C1Cc1ccccc1. The second-order valence-corrected chi connectivity index (χ2v) is 5.01. The summed E-state index contributed by atoms with van der Waals surface area (Å²) in [6, 6.07) is 11.3. The summed E-state index contributed by atoms with van der Waals surface area (Å²) in [7, 11) is 0. The number of carbonyl (C=O) groups is 1. The van der Waals surface area contributed by atoms with Crippen LogP contribution in [0.4, 0.5) is 0 Å². The van der Waals surface area contributed by atoms with Gasteiger partial charge in [-0.15, -0.1) is 0 Å². The van der Waals surface area contributed by atoms with Crippen LogP contribution in [0.2, 0.25) is 0 Å². The molecule has 3 rings (SSSR count). The van der Waals surface area contributed by atoms with Crippen molar-refractivity contribution in [1.29, 1.82) is 0 Å². The Morgan fingerprint density at radius 1 is 1.19 bits per heavy atom. The summed E-state index contributed by atoms with van der Waals surface area (Å²) < 4.78 is 0. The highest BCUT2D eigenvalue weighted by molar-refractivity contribution is 5.84. The van der Waals surface area contributed by atoms with Gasteiger partial charge in [-0.3, -0.25) is 4.79 Å². The number of fused-ring (bicyclic) bond motifs is 2. The highest BCUT2D eigenvalue weighted by atomic mass is 16.1. The Kier molecular flexibility index (Phi) is 2.52. The predicted molar refractivity (Wildman–Crippen MR) is 63.2 cm³/mol. The summed E-state index contributed by atoms with van der Waals surface area (Å²) in [6.07, 6.45) is 4.01. The lowest BCUT2D eigenvalue weighted by atomic mass is 9.85. The van der Waals surface area contributed by atoms with Crippen molar-refractivity contribution in [3.05, 3.63) is 35.9 Å². The lowest BCUT2D eigenvalue weighted by Crippen LogP contribution is -2.46. The molecule has 16 heavy (non-hydrogen) atoms. The number of rotatable bonds is 2. The molecular formula is C14H17NO. The molecule has 0 amide bonds. The number of hydrogen-bond donors (Lipinski definition) is 1. The van der Waals surface area contributed by atoms with E-state index in [0.29, 0.717) is 17.9 Å². The zero-order valence-electron chi connectivity index (χ0n) is 9.36. The summed E-state index contributed by atoms with van der Waals surface area (Å²) in [6.45, 7) is 0. The monoisotopic (exact) mass is 215 g/mol. The van der Waals surface area contributed by atoms with E-state index in [4.69, 9.17) is 0 Å². The molecule has 2 saturated heterocycles. The van der Waals surface area contributed by atoms with Crippen LogP contribution in [0.5, 0.6) is 0 Å². The molecule has 1 N–H and O–H groups in total. The first-order valence-corrected chi connectivity index (χ1v) is 6.15. The number of hydrogen-bond acceptors (Lipinski definition) is 2. The van der Waals surface area contributed by atoms with Crippen LogP contribution < -0.4 is 5.32 Å². The number of nitrogens with one attached hydrogen (secondary N) is 1. The highest BCUT2D eigenvalue weighted by Gasteiger charge is 2.40. The minimum absolute atomic E-state index is 0.209. The Labute approximate surface area is 96.1 Å². The van der Waals surface area contributed by atoms with E-state index in [2.05, 4.69) is 17.4 Å². The van der Waals surface area contributed by atoms with E-state index < -0.39 is 0 Å². The molecule has 2 heterocycles. The molecule has 0 saturated carbocycles. The van der Waals surface area contributed by atoms with Gasteiger partial charge in [0.2, 0.25) is 0 Å². The molecule has 0 spiro atoms. The van der Waals surface area contributed by atoms with Gasteiger partial charge in [0, 0.05) is 24.4 Å². The van der Waals surface area contributed by atoms with Crippen LogP contribution >= 0.6 is 0 Å². The molecule has 0 aliphatic carbocycles. The predicted octanol–water partition coefficient (Wildman–Crippen LogP) is 1.94. The van der Waals surface area contributed by atoms with Gasteiger partial charge in [-0.1, -0.05) is 30.3 Å². The van der Waals surface area contributed by atoms with Gasteiger partial charge in [0.25, 0.3) is 0 Å². The van der Waals surface area contributed by atoms with Crippen molar-refractivity contribution < 1.29 is 4.79 Å². The summed E-state index contributed by atoms with van der Waals surface area (Å²) in [5.74, 6) is 0.677. The van der Waals surface area contributed by atoms with Crippen molar-refractivity contribution in [3.8, 4) is 0 Å². The van der Waals surface area contributed by atoms with E-state index in [1.807, 2.05) is 18.2 Å². The maximum atomic E-state index is 12.0. The molecule has 0 radical (unpaired) electrons. The second-order valence-electron chi connectivity index (χ2n) is 5.01. The Morgan fingerprint density at radius 3 is 2.81 bits per heavy atom. The average molecular weight is 215 g/mol. The molecule has 2 nitrogen and oxygen atoms in total. The van der Waals surface area contributed by atoms with Gasteiger partial charge >= 0.3 is 0 Å². The van der Waals surface area contributed by atoms with E-state index in [1.165, 1.54) is 18.4 Å². The fourth-order valence-electron chi connectivity index (χ4n) is 3.07. The van der Waals surface area contributed by atoms with Gasteiger partial charge in [0.05, 0.1) is 0 Å². The first-order valence-electron chi connectivity index (χ1n) is 6.15. The van der Waals surface area contributed by atoms with Crippen molar-refractivity contribution in [1.82, 2.24) is 5.32 Å². The quantitative estimate of drug-likeness (QED) is 0.817. The van der Waals surface area contributed by atoms with Crippen LogP contribution in [0.25, 0.3) is 0 Å². The molecule has 2 heteroatoms. The summed E-state index contributed by atoms with van der Waals surface area (Å²) in [5, 5.41) is 3.57. The van der Waals surface area contributed by atoms with Crippen LogP contribution in [0.15, 0.2) is 30.3 Å². The highest BCUT2D eigenvalue weighted by Crippen LogP contribution is 2.30. The average Bonchev–Trinajstić information content (AvgIpc) is 2.70. The van der Waals surface area contributed by atoms with E-state index in [9.17, 15) is 4.79 Å². The van der Waals surface area contributed by atoms with Gasteiger partial charge in [0.1, 0.15) is 5.78 Å². The molecule has 2 fully saturated rings. The summed E-state index contributed by atoms with van der Waals surface area (Å²) >= 11 is 0. The van der Waals surface area contributed by atoms with Gasteiger partial charge in [0.15, 0.2) is 0 Å². The Bertz CT molecular complexity index is 387. The molecule has 1 aromatic carbocycles. The smallest absolute Gasteiger partial charge is 0.139 e. The molecule has 3 unspecified atom stereocenters. The normalized spacial score (nSPS) is 33.0. The Balaban J connectivity index is 1.76. The molecule has 2 aliphatic heterocycles. The van der Waals surface area contributed by atoms with Crippen LogP contribution in [0.1, 0.15) is 24.8 Å². The Morgan fingerprint density at radius 2 is 2.00 bits per heavy atom. The second kappa shape index (κ2) is 4.02. The number of piperidine rings is 1. The first-order chi connectivity index (χ1) is 7.83. The van der Waals surface area contributed by atoms with Crippen molar-refractivity contribution in [2.24, 2.45) is 5.92 Å². The lowest BCUT2D eigenvalue weighted by molar-refractivity contribution is -0.125. The third-order valence-corrected chi connectivity index (χ3v) is 3.92. The summed E-state index contributed by atoms with van der Waals surface area (Å²) in [4.78, 5) is 12.0. The van der Waals surface area contributed by atoms with Crippen molar-refractivity contribution in [3.63, 3.8) is 0 Å². The van der Waals surface area contributed by atoms with Crippen molar-refractivity contribution in [2.45, 2.75) is 37.8 Å². The maximum Gasteiger partial charge on any atom is 0.139 e. The van der Waals surface area contributed by atoms with E-state index >= 15 is 0 Å².